The quantitative estimate of drug-likeness (QED) is 0.566. The zero-order chi connectivity index (χ0) is 21.7. The van der Waals surface area contributed by atoms with Gasteiger partial charge in [-0.25, -0.2) is 5.01 Å². The van der Waals surface area contributed by atoms with E-state index in [9.17, 15) is 4.79 Å². The van der Waals surface area contributed by atoms with Crippen molar-refractivity contribution in [1.29, 1.82) is 0 Å². The van der Waals surface area contributed by atoms with E-state index in [1.165, 1.54) is 0 Å². The smallest absolute Gasteiger partial charge is 0.257 e. The number of ether oxygens (including phenoxy) is 2. The van der Waals surface area contributed by atoms with E-state index in [-0.39, 0.29) is 11.9 Å². The number of amides is 1. The summed E-state index contributed by atoms with van der Waals surface area (Å²) in [6.07, 6.45) is 0.606. The van der Waals surface area contributed by atoms with Gasteiger partial charge in [0.1, 0.15) is 11.5 Å². The molecule has 0 saturated carbocycles. The topological polar surface area (TPSA) is 54.4 Å². The van der Waals surface area contributed by atoms with E-state index in [0.29, 0.717) is 18.7 Å². The van der Waals surface area contributed by atoms with Gasteiger partial charge in [-0.2, -0.15) is 5.10 Å². The molecule has 0 aromatic heterocycles. The maximum Gasteiger partial charge on any atom is 0.257 e. The number of halogens is 1. The number of hydrogen-bond donors (Lipinski definition) is 0. The number of carbonyl (C=O) groups excluding carboxylic acids is 1. The van der Waals surface area contributed by atoms with Crippen molar-refractivity contribution in [1.82, 2.24) is 9.91 Å². The maximum atomic E-state index is 13.2. The molecule has 0 spiro atoms. The highest BCUT2D eigenvalue weighted by molar-refractivity contribution is 9.10. The predicted molar refractivity (Wildman–Crippen MR) is 122 cm³/mol. The molecule has 1 amide bonds. The first-order chi connectivity index (χ1) is 14.5. The summed E-state index contributed by atoms with van der Waals surface area (Å²) in [4.78, 5) is 15.3. The van der Waals surface area contributed by atoms with Gasteiger partial charge < -0.3 is 9.47 Å². The van der Waals surface area contributed by atoms with Crippen LogP contribution in [0, 0.1) is 0 Å². The first kappa shape index (κ1) is 22.3. The molecule has 1 aliphatic rings. The summed E-state index contributed by atoms with van der Waals surface area (Å²) in [6.45, 7) is 6.09. The lowest BCUT2D eigenvalue weighted by Gasteiger charge is -2.25. The first-order valence-corrected chi connectivity index (χ1v) is 10.9. The van der Waals surface area contributed by atoms with E-state index in [2.05, 4.69) is 34.7 Å². The van der Waals surface area contributed by atoms with E-state index in [0.717, 1.165) is 40.2 Å². The predicted octanol–water partition coefficient (Wildman–Crippen LogP) is 4.49. The Labute approximate surface area is 186 Å². The van der Waals surface area contributed by atoms with Crippen LogP contribution in [0.15, 0.2) is 52.0 Å². The average molecular weight is 474 g/mol. The highest BCUT2D eigenvalue weighted by Crippen LogP contribution is 2.36. The molecule has 1 aliphatic heterocycles. The van der Waals surface area contributed by atoms with Crippen molar-refractivity contribution in [3.63, 3.8) is 0 Å². The first-order valence-electron chi connectivity index (χ1n) is 10.1. The number of nitrogens with zero attached hydrogens (tertiary/aromatic N) is 3. The molecule has 6 nitrogen and oxygen atoms in total. The molecule has 30 heavy (non-hydrogen) atoms. The summed E-state index contributed by atoms with van der Waals surface area (Å²) < 4.78 is 11.9. The molecular formula is C23H28BrN3O3. The molecule has 1 heterocycles. The van der Waals surface area contributed by atoms with E-state index in [1.54, 1.807) is 19.2 Å². The van der Waals surface area contributed by atoms with Crippen LogP contribution in [0.2, 0.25) is 0 Å². The fraction of sp³-hybridized carbons (Fsp3) is 0.391. The van der Waals surface area contributed by atoms with Crippen molar-refractivity contribution in [3.8, 4) is 11.5 Å². The molecule has 0 bridgehead atoms. The SMILES string of the molecule is CCN(CC)CC(=O)N1N=C(c2cc(OC)ccc2OC)C[C@@H]1c1ccc(Br)cc1. The summed E-state index contributed by atoms with van der Waals surface area (Å²) in [5, 5.41) is 6.41. The van der Waals surface area contributed by atoms with Crippen molar-refractivity contribution in [2.45, 2.75) is 26.3 Å². The summed E-state index contributed by atoms with van der Waals surface area (Å²) in [7, 11) is 3.27. The highest BCUT2D eigenvalue weighted by Gasteiger charge is 2.34. The number of rotatable bonds is 8. The van der Waals surface area contributed by atoms with Gasteiger partial charge in [-0.15, -0.1) is 0 Å². The Hall–Kier alpha value is -2.38. The van der Waals surface area contributed by atoms with Crippen molar-refractivity contribution in [2.24, 2.45) is 5.10 Å². The Balaban J connectivity index is 1.99. The third-order valence-electron chi connectivity index (χ3n) is 5.39. The van der Waals surface area contributed by atoms with Crippen LogP contribution in [0.3, 0.4) is 0 Å². The fourth-order valence-electron chi connectivity index (χ4n) is 3.60. The van der Waals surface area contributed by atoms with Gasteiger partial charge in [0.15, 0.2) is 0 Å². The number of hydrogen-bond acceptors (Lipinski definition) is 5. The van der Waals surface area contributed by atoms with Gasteiger partial charge in [0.05, 0.1) is 32.5 Å². The molecule has 160 valence electrons. The average Bonchev–Trinajstić information content (AvgIpc) is 3.22. The minimum Gasteiger partial charge on any atom is -0.497 e. The summed E-state index contributed by atoms with van der Waals surface area (Å²) in [6, 6.07) is 13.5. The second kappa shape index (κ2) is 10.1. The zero-order valence-corrected chi connectivity index (χ0v) is 19.5. The van der Waals surface area contributed by atoms with Gasteiger partial charge >= 0.3 is 0 Å². The standard InChI is InChI=1S/C23H28BrN3O3/c1-5-26(6-2)15-23(28)27-21(16-7-9-17(24)10-8-16)14-20(25-27)19-13-18(29-3)11-12-22(19)30-4/h7-13,21H,5-6,14-15H2,1-4H3/t21-/m1/s1. The van der Waals surface area contributed by atoms with Crippen LogP contribution in [0.5, 0.6) is 11.5 Å². The molecule has 0 saturated heterocycles. The van der Waals surface area contributed by atoms with Gasteiger partial charge in [-0.3, -0.25) is 9.69 Å². The molecule has 2 aromatic rings. The summed E-state index contributed by atoms with van der Waals surface area (Å²) >= 11 is 3.49. The minimum atomic E-state index is -0.160. The van der Waals surface area contributed by atoms with Gasteiger partial charge in [0.25, 0.3) is 5.91 Å². The number of carbonyl (C=O) groups is 1. The number of likely N-dealkylation sites (N-methyl/N-ethyl adjacent to an activating group) is 1. The van der Waals surface area contributed by atoms with Crippen molar-refractivity contribution < 1.29 is 14.3 Å². The lowest BCUT2D eigenvalue weighted by atomic mass is 9.97. The highest BCUT2D eigenvalue weighted by atomic mass is 79.9. The second-order valence-corrected chi connectivity index (χ2v) is 8.00. The zero-order valence-electron chi connectivity index (χ0n) is 17.9. The molecule has 1 atom stereocenters. The normalized spacial score (nSPS) is 16.0. The minimum absolute atomic E-state index is 0.0107. The Morgan fingerprint density at radius 3 is 2.43 bits per heavy atom. The van der Waals surface area contributed by atoms with E-state index >= 15 is 0 Å². The van der Waals surface area contributed by atoms with Crippen LogP contribution in [0.1, 0.15) is 37.4 Å². The summed E-state index contributed by atoms with van der Waals surface area (Å²) in [5.41, 5.74) is 2.70. The molecule has 3 rings (SSSR count). The molecular weight excluding hydrogens is 446 g/mol. The monoisotopic (exact) mass is 473 g/mol. The third-order valence-corrected chi connectivity index (χ3v) is 5.92. The van der Waals surface area contributed by atoms with E-state index in [4.69, 9.17) is 14.6 Å². The van der Waals surface area contributed by atoms with Gasteiger partial charge in [-0.1, -0.05) is 41.9 Å². The third kappa shape index (κ3) is 4.84. The Morgan fingerprint density at radius 2 is 1.83 bits per heavy atom. The summed E-state index contributed by atoms with van der Waals surface area (Å²) in [5.74, 6) is 1.42. The van der Waals surface area contributed by atoms with Crippen LogP contribution in [-0.4, -0.2) is 55.4 Å². The molecule has 0 aliphatic carbocycles. The lowest BCUT2D eigenvalue weighted by molar-refractivity contribution is -0.134. The van der Waals surface area contributed by atoms with Crippen LogP contribution in [0.4, 0.5) is 0 Å². The number of hydrazone groups is 1. The van der Waals surface area contributed by atoms with Crippen LogP contribution >= 0.6 is 15.9 Å². The largest absolute Gasteiger partial charge is 0.497 e. The van der Waals surface area contributed by atoms with Gasteiger partial charge in [0.2, 0.25) is 0 Å². The number of methoxy groups -OCH3 is 2. The lowest BCUT2D eigenvalue weighted by Crippen LogP contribution is -2.38. The molecule has 0 fully saturated rings. The second-order valence-electron chi connectivity index (χ2n) is 7.08. The fourth-order valence-corrected chi connectivity index (χ4v) is 3.86. The molecule has 0 N–H and O–H groups in total. The van der Waals surface area contributed by atoms with Crippen LogP contribution in [0.25, 0.3) is 0 Å². The molecule has 7 heteroatoms. The Kier molecular flexibility index (Phi) is 7.50. The Morgan fingerprint density at radius 1 is 1.13 bits per heavy atom. The van der Waals surface area contributed by atoms with Crippen LogP contribution < -0.4 is 9.47 Å². The van der Waals surface area contributed by atoms with Crippen molar-refractivity contribution in [2.75, 3.05) is 33.9 Å². The maximum absolute atomic E-state index is 13.2. The van der Waals surface area contributed by atoms with Crippen LogP contribution in [-0.2, 0) is 4.79 Å². The van der Waals surface area contributed by atoms with Crippen molar-refractivity contribution >= 4 is 27.5 Å². The van der Waals surface area contributed by atoms with Crippen molar-refractivity contribution in [3.05, 3.63) is 58.1 Å². The Bertz CT molecular complexity index is 910. The molecule has 0 radical (unpaired) electrons. The molecule has 0 unspecified atom stereocenters. The van der Waals surface area contributed by atoms with Gasteiger partial charge in [-0.05, 0) is 49.0 Å². The van der Waals surface area contributed by atoms with E-state index in [1.807, 2.05) is 42.5 Å². The van der Waals surface area contributed by atoms with Gasteiger partial charge in [0, 0.05) is 16.5 Å². The van der Waals surface area contributed by atoms with E-state index < -0.39 is 0 Å². The molecule has 2 aromatic carbocycles. The number of benzene rings is 2.